The molecule has 1 N–H and O–H groups in total. The van der Waals surface area contributed by atoms with Crippen molar-refractivity contribution in [1.82, 2.24) is 0 Å². The fourth-order valence-corrected chi connectivity index (χ4v) is 3.03. The smallest absolute Gasteiger partial charge is 0.335 e. The second kappa shape index (κ2) is 7.68. The maximum absolute atomic E-state index is 13.6. The van der Waals surface area contributed by atoms with Gasteiger partial charge >= 0.3 is 5.97 Å². The molecule has 0 aliphatic carbocycles. The number of rotatable bonds is 6. The Kier molecular flexibility index (Phi) is 5.82. The van der Waals surface area contributed by atoms with Gasteiger partial charge in [0, 0.05) is 0 Å². The standard InChI is InChI=1S/C19H18F4O2/c1-3-11(7-10(2)20)17-13(5-4-6-14(17)19(24)25)12-8-15(21)18(23)16(22)9-12/h4-6,8-11H,3,7H2,1-2H3,(H,24,25). The first kappa shape index (κ1) is 19.0. The minimum Gasteiger partial charge on any atom is -0.478 e. The van der Waals surface area contributed by atoms with Gasteiger partial charge in [-0.15, -0.1) is 0 Å². The van der Waals surface area contributed by atoms with Crippen LogP contribution in [0.4, 0.5) is 17.6 Å². The highest BCUT2D eigenvalue weighted by Crippen LogP contribution is 2.37. The second-order valence-electron chi connectivity index (χ2n) is 5.95. The number of hydrogen-bond donors (Lipinski definition) is 1. The third-order valence-corrected chi connectivity index (χ3v) is 4.14. The lowest BCUT2D eigenvalue weighted by Crippen LogP contribution is -2.12. The number of alkyl halides is 1. The van der Waals surface area contributed by atoms with Crippen LogP contribution in [-0.4, -0.2) is 17.2 Å². The summed E-state index contributed by atoms with van der Waals surface area (Å²) in [6, 6.07) is 5.93. The van der Waals surface area contributed by atoms with Crippen molar-refractivity contribution in [3.8, 4) is 11.1 Å². The van der Waals surface area contributed by atoms with E-state index in [9.17, 15) is 27.5 Å². The summed E-state index contributed by atoms with van der Waals surface area (Å²) in [7, 11) is 0. The molecule has 0 aliphatic rings. The first-order valence-corrected chi connectivity index (χ1v) is 7.91. The number of carbonyl (C=O) groups is 1. The highest BCUT2D eigenvalue weighted by Gasteiger charge is 2.24. The molecule has 2 unspecified atom stereocenters. The van der Waals surface area contributed by atoms with Crippen LogP contribution < -0.4 is 0 Å². The van der Waals surface area contributed by atoms with Crippen LogP contribution in [-0.2, 0) is 0 Å². The van der Waals surface area contributed by atoms with Crippen LogP contribution in [0.2, 0.25) is 0 Å². The number of aromatic carboxylic acids is 1. The Balaban J connectivity index is 2.73. The van der Waals surface area contributed by atoms with Gasteiger partial charge in [-0.25, -0.2) is 22.4 Å². The Labute approximate surface area is 143 Å². The van der Waals surface area contributed by atoms with Gasteiger partial charge in [0.15, 0.2) is 17.5 Å². The first-order valence-electron chi connectivity index (χ1n) is 7.91. The molecule has 25 heavy (non-hydrogen) atoms. The van der Waals surface area contributed by atoms with Gasteiger partial charge in [0.2, 0.25) is 0 Å². The van der Waals surface area contributed by atoms with E-state index in [4.69, 9.17) is 0 Å². The quantitative estimate of drug-likeness (QED) is 0.533. The molecule has 0 fully saturated rings. The molecule has 2 rings (SSSR count). The molecule has 2 atom stereocenters. The van der Waals surface area contributed by atoms with E-state index in [0.29, 0.717) is 12.0 Å². The van der Waals surface area contributed by atoms with Gasteiger partial charge in [0.05, 0.1) is 11.7 Å². The molecular formula is C19H18F4O2. The predicted molar refractivity (Wildman–Crippen MR) is 86.9 cm³/mol. The van der Waals surface area contributed by atoms with Gasteiger partial charge in [-0.1, -0.05) is 19.1 Å². The Morgan fingerprint density at radius 1 is 1.16 bits per heavy atom. The van der Waals surface area contributed by atoms with Gasteiger partial charge in [-0.3, -0.25) is 0 Å². The average molecular weight is 354 g/mol. The third-order valence-electron chi connectivity index (χ3n) is 4.14. The Morgan fingerprint density at radius 3 is 2.24 bits per heavy atom. The summed E-state index contributed by atoms with van der Waals surface area (Å²) in [6.07, 6.45) is -0.668. The van der Waals surface area contributed by atoms with Crippen molar-refractivity contribution in [3.63, 3.8) is 0 Å². The molecule has 0 saturated heterocycles. The predicted octanol–water partition coefficient (Wildman–Crippen LogP) is 5.71. The summed E-state index contributed by atoms with van der Waals surface area (Å²) in [6.45, 7) is 3.14. The van der Waals surface area contributed by atoms with Gasteiger partial charge < -0.3 is 5.11 Å². The summed E-state index contributed by atoms with van der Waals surface area (Å²) >= 11 is 0. The second-order valence-corrected chi connectivity index (χ2v) is 5.95. The van der Waals surface area contributed by atoms with Crippen molar-refractivity contribution >= 4 is 5.97 Å². The molecule has 134 valence electrons. The van der Waals surface area contributed by atoms with Crippen molar-refractivity contribution < 1.29 is 27.5 Å². The van der Waals surface area contributed by atoms with Crippen LogP contribution >= 0.6 is 0 Å². The maximum atomic E-state index is 13.6. The normalized spacial score (nSPS) is 13.5. The van der Waals surface area contributed by atoms with Crippen molar-refractivity contribution in [2.75, 3.05) is 0 Å². The SMILES string of the molecule is CCC(CC(C)F)c1c(C(=O)O)cccc1-c1cc(F)c(F)c(F)c1. The van der Waals surface area contributed by atoms with E-state index in [1.54, 1.807) is 6.92 Å². The van der Waals surface area contributed by atoms with Crippen LogP contribution in [0.1, 0.15) is 48.5 Å². The van der Waals surface area contributed by atoms with Crippen LogP contribution in [0.25, 0.3) is 11.1 Å². The van der Waals surface area contributed by atoms with E-state index < -0.39 is 35.5 Å². The topological polar surface area (TPSA) is 37.3 Å². The zero-order valence-electron chi connectivity index (χ0n) is 13.8. The van der Waals surface area contributed by atoms with E-state index >= 15 is 0 Å². The Morgan fingerprint density at radius 2 is 1.76 bits per heavy atom. The molecule has 0 bridgehead atoms. The summed E-state index contributed by atoms with van der Waals surface area (Å²) in [5, 5.41) is 9.47. The highest BCUT2D eigenvalue weighted by molar-refractivity contribution is 5.92. The van der Waals surface area contributed by atoms with E-state index in [1.807, 2.05) is 0 Å². The van der Waals surface area contributed by atoms with Gasteiger partial charge in [0.1, 0.15) is 0 Å². The molecule has 0 heterocycles. The van der Waals surface area contributed by atoms with Crippen molar-refractivity contribution in [2.45, 2.75) is 38.8 Å². The largest absolute Gasteiger partial charge is 0.478 e. The number of halogens is 4. The molecule has 2 aromatic carbocycles. The van der Waals surface area contributed by atoms with Crippen molar-refractivity contribution in [1.29, 1.82) is 0 Å². The minimum absolute atomic E-state index is 0.0134. The number of carboxylic acids is 1. The fourth-order valence-electron chi connectivity index (χ4n) is 3.03. The van der Waals surface area contributed by atoms with Crippen LogP contribution in [0.15, 0.2) is 30.3 Å². The lowest BCUT2D eigenvalue weighted by Gasteiger charge is -2.22. The van der Waals surface area contributed by atoms with Gasteiger partial charge in [-0.2, -0.15) is 0 Å². The summed E-state index contributed by atoms with van der Waals surface area (Å²) in [4.78, 5) is 11.6. The van der Waals surface area contributed by atoms with Gasteiger partial charge in [-0.05, 0) is 60.6 Å². The summed E-state index contributed by atoms with van der Waals surface area (Å²) in [5.74, 6) is -6.00. The van der Waals surface area contributed by atoms with Crippen LogP contribution in [0.3, 0.4) is 0 Å². The molecule has 2 aromatic rings. The first-order chi connectivity index (χ1) is 11.8. The molecule has 0 saturated carbocycles. The number of hydrogen-bond acceptors (Lipinski definition) is 1. The zero-order chi connectivity index (χ0) is 18.7. The lowest BCUT2D eigenvalue weighted by atomic mass is 9.82. The number of carboxylic acid groups (broad SMARTS) is 1. The maximum Gasteiger partial charge on any atom is 0.335 e. The number of benzene rings is 2. The van der Waals surface area contributed by atoms with E-state index in [-0.39, 0.29) is 23.1 Å². The summed E-state index contributed by atoms with van der Waals surface area (Å²) < 4.78 is 54.0. The van der Waals surface area contributed by atoms with Crippen LogP contribution in [0.5, 0.6) is 0 Å². The van der Waals surface area contributed by atoms with E-state index in [1.165, 1.54) is 25.1 Å². The molecule has 0 spiro atoms. The monoisotopic (exact) mass is 354 g/mol. The molecule has 6 heteroatoms. The molecule has 0 amide bonds. The fraction of sp³-hybridized carbons (Fsp3) is 0.316. The lowest BCUT2D eigenvalue weighted by molar-refractivity contribution is 0.0694. The third kappa shape index (κ3) is 4.00. The zero-order valence-corrected chi connectivity index (χ0v) is 13.8. The highest BCUT2D eigenvalue weighted by atomic mass is 19.2. The van der Waals surface area contributed by atoms with Crippen LogP contribution in [0, 0.1) is 17.5 Å². The van der Waals surface area contributed by atoms with Crippen molar-refractivity contribution in [2.24, 2.45) is 0 Å². The molecule has 0 aromatic heterocycles. The molecule has 0 radical (unpaired) electrons. The van der Waals surface area contributed by atoms with E-state index in [0.717, 1.165) is 12.1 Å². The average Bonchev–Trinajstić information content (AvgIpc) is 2.56. The van der Waals surface area contributed by atoms with E-state index in [2.05, 4.69) is 0 Å². The van der Waals surface area contributed by atoms with Gasteiger partial charge in [0.25, 0.3) is 0 Å². The minimum atomic E-state index is -1.59. The molecule has 2 nitrogen and oxygen atoms in total. The Bertz CT molecular complexity index is 764. The Hall–Kier alpha value is -2.37. The van der Waals surface area contributed by atoms with Crippen molar-refractivity contribution in [3.05, 3.63) is 58.9 Å². The molecule has 0 aliphatic heterocycles. The summed E-state index contributed by atoms with van der Waals surface area (Å²) in [5.41, 5.74) is 0.507. The molecular weight excluding hydrogens is 336 g/mol.